The van der Waals surface area contributed by atoms with E-state index in [1.807, 2.05) is 0 Å². The number of amides is 2. The summed E-state index contributed by atoms with van der Waals surface area (Å²) in [5, 5.41) is 13.0. The molecule has 0 fully saturated rings. The average molecular weight is 314 g/mol. The molecule has 9 nitrogen and oxygen atoms in total. The third kappa shape index (κ3) is 4.96. The molecule has 120 valence electrons. The molecule has 10 heteroatoms. The summed E-state index contributed by atoms with van der Waals surface area (Å²) in [6.45, 7) is -0.0702. The van der Waals surface area contributed by atoms with Gasteiger partial charge in [0.2, 0.25) is 5.91 Å². The van der Waals surface area contributed by atoms with Gasteiger partial charge >= 0.3 is 5.97 Å². The van der Waals surface area contributed by atoms with Crippen molar-refractivity contribution in [3.05, 3.63) is 18.2 Å². The van der Waals surface area contributed by atoms with Gasteiger partial charge in [-0.25, -0.2) is 9.37 Å². The summed E-state index contributed by atoms with van der Waals surface area (Å²) in [5.74, 6) is -3.89. The van der Waals surface area contributed by atoms with Gasteiger partial charge in [-0.15, -0.1) is 0 Å². The number of imidazole rings is 1. The van der Waals surface area contributed by atoms with Crippen molar-refractivity contribution in [3.8, 4) is 0 Å². The molecule has 1 aromatic heterocycles. The van der Waals surface area contributed by atoms with Gasteiger partial charge in [-0.3, -0.25) is 19.2 Å². The smallest absolute Gasteiger partial charge is 0.305 e. The van der Waals surface area contributed by atoms with Gasteiger partial charge in [-0.05, 0) is 6.92 Å². The van der Waals surface area contributed by atoms with Crippen molar-refractivity contribution < 1.29 is 28.7 Å². The van der Waals surface area contributed by atoms with E-state index in [0.717, 1.165) is 0 Å². The van der Waals surface area contributed by atoms with Crippen LogP contribution in [0.1, 0.15) is 24.0 Å². The van der Waals surface area contributed by atoms with Crippen LogP contribution < -0.4 is 10.6 Å². The van der Waals surface area contributed by atoms with E-state index >= 15 is 0 Å². The quantitative estimate of drug-likeness (QED) is 0.486. The van der Waals surface area contributed by atoms with Crippen LogP contribution in [0, 0.1) is 0 Å². The minimum Gasteiger partial charge on any atom is -0.481 e. The van der Waals surface area contributed by atoms with Crippen molar-refractivity contribution in [1.29, 1.82) is 0 Å². The van der Waals surface area contributed by atoms with Crippen molar-refractivity contribution in [2.45, 2.75) is 25.4 Å². The van der Waals surface area contributed by atoms with Gasteiger partial charge < -0.3 is 20.7 Å². The molecule has 0 bridgehead atoms. The fraction of sp³-hybridized carbons (Fsp3) is 0.417. The number of halogens is 1. The first kappa shape index (κ1) is 17.3. The van der Waals surface area contributed by atoms with Crippen molar-refractivity contribution in [2.75, 3.05) is 6.67 Å². The van der Waals surface area contributed by atoms with Crippen LogP contribution in [0.4, 0.5) is 4.39 Å². The SMILES string of the molecule is CC(NC(=O)c1ncc[nH]1)C(=O)NC(CC(=O)O)C(=O)CF. The Labute approximate surface area is 124 Å². The number of hydrogen-bond donors (Lipinski definition) is 4. The number of carbonyl (C=O) groups excluding carboxylic acids is 3. The minimum absolute atomic E-state index is 0.0124. The Bertz CT molecular complexity index is 560. The maximum atomic E-state index is 12.4. The molecule has 0 aliphatic rings. The Morgan fingerprint density at radius 1 is 1.36 bits per heavy atom. The Kier molecular flexibility index (Phi) is 6.17. The molecule has 1 rings (SSSR count). The molecule has 0 saturated heterocycles. The number of nitrogens with zero attached hydrogens (tertiary/aromatic N) is 1. The van der Waals surface area contributed by atoms with E-state index in [0.29, 0.717) is 0 Å². The first-order chi connectivity index (χ1) is 10.3. The number of aromatic amines is 1. The zero-order valence-electron chi connectivity index (χ0n) is 11.6. The Hall–Kier alpha value is -2.78. The van der Waals surface area contributed by atoms with Crippen LogP contribution in [0.15, 0.2) is 12.4 Å². The number of alkyl halides is 1. The maximum absolute atomic E-state index is 12.4. The van der Waals surface area contributed by atoms with E-state index < -0.39 is 48.7 Å². The average Bonchev–Trinajstić information content (AvgIpc) is 2.99. The van der Waals surface area contributed by atoms with E-state index in [2.05, 4.69) is 20.6 Å². The number of carbonyl (C=O) groups is 4. The second-order valence-corrected chi connectivity index (χ2v) is 4.39. The summed E-state index contributed by atoms with van der Waals surface area (Å²) in [6.07, 6.45) is 2.03. The van der Waals surface area contributed by atoms with Crippen molar-refractivity contribution in [1.82, 2.24) is 20.6 Å². The molecule has 2 atom stereocenters. The lowest BCUT2D eigenvalue weighted by Gasteiger charge is -2.18. The highest BCUT2D eigenvalue weighted by molar-refractivity contribution is 5.97. The molecule has 0 spiro atoms. The molecular weight excluding hydrogens is 299 g/mol. The second-order valence-electron chi connectivity index (χ2n) is 4.39. The van der Waals surface area contributed by atoms with Gasteiger partial charge in [0.1, 0.15) is 18.8 Å². The summed E-state index contributed by atoms with van der Waals surface area (Å²) in [5.41, 5.74) is 0. The van der Waals surface area contributed by atoms with Crippen LogP contribution in [0.2, 0.25) is 0 Å². The van der Waals surface area contributed by atoms with Crippen LogP contribution in [-0.4, -0.2) is 57.4 Å². The van der Waals surface area contributed by atoms with Crippen LogP contribution in [-0.2, 0) is 14.4 Å². The first-order valence-corrected chi connectivity index (χ1v) is 6.26. The van der Waals surface area contributed by atoms with Crippen LogP contribution >= 0.6 is 0 Å². The number of aromatic nitrogens is 2. The Balaban J connectivity index is 2.62. The standard InChI is InChI=1S/C12H15FN4O5/c1-6(16-12(22)10-14-2-3-15-10)11(21)17-7(4-9(19)20)8(18)5-13/h2-3,6-7H,4-5H2,1H3,(H,14,15)(H,16,22)(H,17,21)(H,19,20). The third-order valence-corrected chi connectivity index (χ3v) is 2.67. The van der Waals surface area contributed by atoms with Gasteiger partial charge in [0.05, 0.1) is 6.42 Å². The number of ketones is 1. The van der Waals surface area contributed by atoms with Crippen molar-refractivity contribution >= 4 is 23.6 Å². The predicted molar refractivity (Wildman–Crippen MR) is 70.7 cm³/mol. The van der Waals surface area contributed by atoms with Gasteiger partial charge in [-0.1, -0.05) is 0 Å². The molecule has 1 aromatic rings. The maximum Gasteiger partial charge on any atom is 0.305 e. The molecule has 2 amide bonds. The number of aliphatic carboxylic acids is 1. The molecule has 0 aromatic carbocycles. The molecule has 1 heterocycles. The number of hydrogen-bond acceptors (Lipinski definition) is 5. The van der Waals surface area contributed by atoms with Gasteiger partial charge in [0.15, 0.2) is 11.6 Å². The highest BCUT2D eigenvalue weighted by Gasteiger charge is 2.26. The van der Waals surface area contributed by atoms with E-state index in [-0.39, 0.29) is 5.82 Å². The number of nitrogens with one attached hydrogen (secondary N) is 3. The second kappa shape index (κ2) is 7.86. The molecule has 0 aliphatic heterocycles. The third-order valence-electron chi connectivity index (χ3n) is 2.67. The fourth-order valence-corrected chi connectivity index (χ4v) is 1.53. The molecule has 0 radical (unpaired) electrons. The summed E-state index contributed by atoms with van der Waals surface area (Å²) in [6, 6.07) is -2.56. The predicted octanol–water partition coefficient (Wildman–Crippen LogP) is -0.974. The number of carboxylic acid groups (broad SMARTS) is 1. The summed E-state index contributed by atoms with van der Waals surface area (Å²) >= 11 is 0. The van der Waals surface area contributed by atoms with Gasteiger partial charge in [0.25, 0.3) is 5.91 Å². The molecule has 0 aliphatic carbocycles. The van der Waals surface area contributed by atoms with Gasteiger partial charge in [0, 0.05) is 12.4 Å². The zero-order chi connectivity index (χ0) is 16.7. The number of Topliss-reactive ketones (excluding diaryl/α,β-unsaturated/α-hetero) is 1. The normalized spacial score (nSPS) is 13.0. The van der Waals surface area contributed by atoms with E-state index in [1.54, 1.807) is 0 Å². The Morgan fingerprint density at radius 2 is 2.05 bits per heavy atom. The summed E-state index contributed by atoms with van der Waals surface area (Å²) in [4.78, 5) is 51.6. The lowest BCUT2D eigenvalue weighted by atomic mass is 10.1. The number of H-pyrrole nitrogens is 1. The van der Waals surface area contributed by atoms with Crippen LogP contribution in [0.5, 0.6) is 0 Å². The Morgan fingerprint density at radius 3 is 2.55 bits per heavy atom. The summed E-state index contributed by atoms with van der Waals surface area (Å²) < 4.78 is 12.4. The fourth-order valence-electron chi connectivity index (χ4n) is 1.53. The first-order valence-electron chi connectivity index (χ1n) is 6.26. The molecule has 0 saturated carbocycles. The largest absolute Gasteiger partial charge is 0.481 e. The number of carboxylic acids is 1. The van der Waals surface area contributed by atoms with Crippen LogP contribution in [0.3, 0.4) is 0 Å². The monoisotopic (exact) mass is 314 g/mol. The molecule has 2 unspecified atom stereocenters. The molecule has 22 heavy (non-hydrogen) atoms. The van der Waals surface area contributed by atoms with Gasteiger partial charge in [-0.2, -0.15) is 0 Å². The number of rotatable bonds is 8. The minimum atomic E-state index is -1.49. The zero-order valence-corrected chi connectivity index (χ0v) is 11.6. The topological polar surface area (TPSA) is 141 Å². The molecular formula is C12H15FN4O5. The van der Waals surface area contributed by atoms with Crippen LogP contribution in [0.25, 0.3) is 0 Å². The molecule has 4 N–H and O–H groups in total. The highest BCUT2D eigenvalue weighted by atomic mass is 19.1. The van der Waals surface area contributed by atoms with E-state index in [4.69, 9.17) is 5.11 Å². The van der Waals surface area contributed by atoms with E-state index in [9.17, 15) is 23.6 Å². The van der Waals surface area contributed by atoms with Crippen molar-refractivity contribution in [2.24, 2.45) is 0 Å². The highest BCUT2D eigenvalue weighted by Crippen LogP contribution is 1.98. The van der Waals surface area contributed by atoms with Crippen molar-refractivity contribution in [3.63, 3.8) is 0 Å². The lowest BCUT2D eigenvalue weighted by Crippen LogP contribution is -2.51. The van der Waals surface area contributed by atoms with E-state index in [1.165, 1.54) is 19.3 Å². The lowest BCUT2D eigenvalue weighted by molar-refractivity contribution is -0.140. The summed E-state index contributed by atoms with van der Waals surface area (Å²) in [7, 11) is 0.